The minimum atomic E-state index is 0.664. The third kappa shape index (κ3) is 1.83. The van der Waals surface area contributed by atoms with E-state index in [9.17, 15) is 0 Å². The van der Waals surface area contributed by atoms with Gasteiger partial charge in [0.2, 0.25) is 0 Å². The van der Waals surface area contributed by atoms with E-state index < -0.39 is 0 Å². The highest BCUT2D eigenvalue weighted by Gasteiger charge is 2.03. The normalized spacial score (nSPS) is 14.1. The van der Waals surface area contributed by atoms with Crippen molar-refractivity contribution in [2.45, 2.75) is 0 Å². The largest absolute Gasteiger partial charge is 0.354 e. The smallest absolute Gasteiger partial charge is 0.195 e. The van der Waals surface area contributed by atoms with Crippen molar-refractivity contribution in [2.24, 2.45) is 4.99 Å². The van der Waals surface area contributed by atoms with Crippen LogP contribution in [-0.4, -0.2) is 19.0 Å². The molecule has 2 rings (SSSR count). The van der Waals surface area contributed by atoms with Crippen LogP contribution < -0.4 is 10.6 Å². The van der Waals surface area contributed by atoms with E-state index in [-0.39, 0.29) is 0 Å². The summed E-state index contributed by atoms with van der Waals surface area (Å²) in [7, 11) is 0. The first-order valence-electron chi connectivity index (χ1n) is 4.44. The number of nitriles is 1. The van der Waals surface area contributed by atoms with E-state index in [0.29, 0.717) is 5.56 Å². The molecule has 0 spiro atoms. The van der Waals surface area contributed by atoms with Crippen LogP contribution in [0.3, 0.4) is 0 Å². The van der Waals surface area contributed by atoms with Crippen molar-refractivity contribution < 1.29 is 0 Å². The molecular weight excluding hydrogens is 176 g/mol. The van der Waals surface area contributed by atoms with Crippen molar-refractivity contribution in [3.8, 4) is 6.07 Å². The average Bonchev–Trinajstić information content (AvgIpc) is 2.72. The highest BCUT2D eigenvalue weighted by Crippen LogP contribution is 2.08. The van der Waals surface area contributed by atoms with Gasteiger partial charge < -0.3 is 10.6 Å². The van der Waals surface area contributed by atoms with Crippen LogP contribution in [-0.2, 0) is 0 Å². The quantitative estimate of drug-likeness (QED) is 0.685. The summed E-state index contributed by atoms with van der Waals surface area (Å²) in [6.45, 7) is 1.71. The first-order chi connectivity index (χ1) is 6.88. The number of rotatable bonds is 1. The third-order valence-corrected chi connectivity index (χ3v) is 1.95. The van der Waals surface area contributed by atoms with Crippen molar-refractivity contribution in [1.29, 1.82) is 5.26 Å². The second kappa shape index (κ2) is 3.79. The van der Waals surface area contributed by atoms with Gasteiger partial charge in [-0.15, -0.1) is 0 Å². The number of nitrogens with one attached hydrogen (secondary N) is 2. The van der Waals surface area contributed by atoms with Gasteiger partial charge in [-0.1, -0.05) is 0 Å². The zero-order valence-electron chi connectivity index (χ0n) is 7.62. The second-order valence-corrected chi connectivity index (χ2v) is 2.97. The van der Waals surface area contributed by atoms with Crippen LogP contribution in [0.15, 0.2) is 29.3 Å². The summed E-state index contributed by atoms with van der Waals surface area (Å²) in [6.07, 6.45) is 0. The van der Waals surface area contributed by atoms with E-state index in [0.717, 1.165) is 24.7 Å². The van der Waals surface area contributed by atoms with Crippen LogP contribution in [0.1, 0.15) is 5.56 Å². The fraction of sp³-hybridized carbons (Fsp3) is 0.200. The molecule has 1 aromatic carbocycles. The van der Waals surface area contributed by atoms with Crippen LogP contribution in [0.5, 0.6) is 0 Å². The molecule has 14 heavy (non-hydrogen) atoms. The number of anilines is 1. The van der Waals surface area contributed by atoms with Gasteiger partial charge in [-0.05, 0) is 24.3 Å². The maximum absolute atomic E-state index is 8.61. The van der Waals surface area contributed by atoms with Gasteiger partial charge in [-0.3, -0.25) is 4.99 Å². The maximum Gasteiger partial charge on any atom is 0.195 e. The van der Waals surface area contributed by atoms with E-state index in [1.807, 2.05) is 12.1 Å². The summed E-state index contributed by atoms with van der Waals surface area (Å²) in [5.41, 5.74) is 1.61. The van der Waals surface area contributed by atoms with Gasteiger partial charge in [0.05, 0.1) is 18.2 Å². The fourth-order valence-corrected chi connectivity index (χ4v) is 1.25. The molecule has 0 saturated carbocycles. The highest BCUT2D eigenvalue weighted by atomic mass is 15.2. The number of hydrogen-bond donors (Lipinski definition) is 2. The van der Waals surface area contributed by atoms with Crippen molar-refractivity contribution >= 4 is 11.6 Å². The molecule has 0 amide bonds. The van der Waals surface area contributed by atoms with Crippen LogP contribution in [0.25, 0.3) is 0 Å². The molecule has 0 aromatic heterocycles. The monoisotopic (exact) mass is 186 g/mol. The zero-order valence-corrected chi connectivity index (χ0v) is 7.62. The fourth-order valence-electron chi connectivity index (χ4n) is 1.25. The summed E-state index contributed by atoms with van der Waals surface area (Å²) in [6, 6.07) is 9.35. The Kier molecular flexibility index (Phi) is 2.32. The molecule has 4 nitrogen and oxygen atoms in total. The summed E-state index contributed by atoms with van der Waals surface area (Å²) >= 11 is 0. The topological polar surface area (TPSA) is 60.2 Å². The lowest BCUT2D eigenvalue weighted by Gasteiger charge is -2.05. The number of guanidine groups is 1. The molecule has 0 bridgehead atoms. The first kappa shape index (κ1) is 8.57. The second-order valence-electron chi connectivity index (χ2n) is 2.97. The standard InChI is InChI=1S/C10H10N4/c11-7-8-1-3-9(4-2-8)14-10-12-5-6-13-10/h1-4H,5-6H2,(H2,12,13,14). The van der Waals surface area contributed by atoms with Crippen LogP contribution >= 0.6 is 0 Å². The van der Waals surface area contributed by atoms with Gasteiger partial charge in [0.15, 0.2) is 5.96 Å². The van der Waals surface area contributed by atoms with E-state index in [1.54, 1.807) is 12.1 Å². The van der Waals surface area contributed by atoms with Crippen molar-refractivity contribution in [1.82, 2.24) is 5.32 Å². The van der Waals surface area contributed by atoms with Crippen molar-refractivity contribution in [2.75, 3.05) is 18.4 Å². The van der Waals surface area contributed by atoms with Crippen LogP contribution in [0.4, 0.5) is 5.69 Å². The molecule has 0 fully saturated rings. The molecule has 0 saturated heterocycles. The number of benzene rings is 1. The lowest BCUT2D eigenvalue weighted by atomic mass is 10.2. The number of hydrogen-bond acceptors (Lipinski definition) is 4. The third-order valence-electron chi connectivity index (χ3n) is 1.95. The predicted octanol–water partition coefficient (Wildman–Crippen LogP) is 0.929. The molecule has 0 atom stereocenters. The number of nitrogens with zero attached hydrogens (tertiary/aromatic N) is 2. The molecule has 0 aliphatic carbocycles. The lowest BCUT2D eigenvalue weighted by molar-refractivity contribution is 0.959. The van der Waals surface area contributed by atoms with Crippen molar-refractivity contribution in [3.05, 3.63) is 29.8 Å². The van der Waals surface area contributed by atoms with Crippen molar-refractivity contribution in [3.63, 3.8) is 0 Å². The first-order valence-corrected chi connectivity index (χ1v) is 4.44. The average molecular weight is 186 g/mol. The van der Waals surface area contributed by atoms with Gasteiger partial charge in [0, 0.05) is 12.2 Å². The molecule has 70 valence electrons. The van der Waals surface area contributed by atoms with Gasteiger partial charge >= 0.3 is 0 Å². The Morgan fingerprint density at radius 3 is 2.71 bits per heavy atom. The molecule has 1 aromatic rings. The summed E-state index contributed by atoms with van der Waals surface area (Å²) in [4.78, 5) is 4.20. The Morgan fingerprint density at radius 2 is 2.14 bits per heavy atom. The molecule has 0 radical (unpaired) electrons. The number of aliphatic imine (C=N–C) groups is 1. The van der Waals surface area contributed by atoms with Crippen LogP contribution in [0.2, 0.25) is 0 Å². The van der Waals surface area contributed by atoms with E-state index in [1.165, 1.54) is 0 Å². The summed E-state index contributed by atoms with van der Waals surface area (Å²) in [5, 5.41) is 14.8. The molecule has 1 aliphatic rings. The molecule has 0 unspecified atom stereocenters. The minimum absolute atomic E-state index is 0.664. The Morgan fingerprint density at radius 1 is 1.36 bits per heavy atom. The highest BCUT2D eigenvalue weighted by molar-refractivity contribution is 5.94. The Bertz CT molecular complexity index is 386. The lowest BCUT2D eigenvalue weighted by Crippen LogP contribution is -2.26. The van der Waals surface area contributed by atoms with E-state index in [4.69, 9.17) is 5.26 Å². The summed E-state index contributed by atoms with van der Waals surface area (Å²) < 4.78 is 0. The van der Waals surface area contributed by atoms with Gasteiger partial charge in [-0.25, -0.2) is 0 Å². The molecule has 2 N–H and O–H groups in total. The van der Waals surface area contributed by atoms with E-state index in [2.05, 4.69) is 21.7 Å². The Balaban J connectivity index is 2.07. The van der Waals surface area contributed by atoms with Gasteiger partial charge in [0.1, 0.15) is 0 Å². The minimum Gasteiger partial charge on any atom is -0.354 e. The van der Waals surface area contributed by atoms with Gasteiger partial charge in [0.25, 0.3) is 0 Å². The summed E-state index contributed by atoms with van der Waals surface area (Å²) in [5.74, 6) is 0.801. The van der Waals surface area contributed by atoms with Gasteiger partial charge in [-0.2, -0.15) is 5.26 Å². The molecule has 4 heteroatoms. The SMILES string of the molecule is N#Cc1ccc(NC2=NCCN2)cc1. The molecular formula is C10H10N4. The predicted molar refractivity (Wildman–Crippen MR) is 55.1 cm³/mol. The molecule has 1 heterocycles. The Hall–Kier alpha value is -2.02. The maximum atomic E-state index is 8.61. The van der Waals surface area contributed by atoms with Crippen LogP contribution in [0, 0.1) is 11.3 Å². The molecule has 1 aliphatic heterocycles. The zero-order chi connectivity index (χ0) is 9.80. The van der Waals surface area contributed by atoms with E-state index >= 15 is 0 Å². The Labute approximate surface area is 82.3 Å².